The van der Waals surface area contributed by atoms with E-state index in [1.807, 2.05) is 6.92 Å². The molecule has 0 heterocycles. The molecule has 1 rings (SSSR count). The first-order valence-corrected chi connectivity index (χ1v) is 8.17. The first-order valence-electron chi connectivity index (χ1n) is 8.17. The van der Waals surface area contributed by atoms with Crippen LogP contribution in [-0.4, -0.2) is 53.3 Å². The van der Waals surface area contributed by atoms with Crippen molar-refractivity contribution in [3.05, 3.63) is 17.7 Å². The SMILES string of the molecule is CCCCOCCOC(=O)OOOC(=O)c1cc(OC)c(OC)cc1OC. The zero-order valence-corrected chi connectivity index (χ0v) is 15.8. The van der Waals surface area contributed by atoms with Gasteiger partial charge >= 0.3 is 12.1 Å². The highest BCUT2D eigenvalue weighted by Crippen LogP contribution is 2.34. The van der Waals surface area contributed by atoms with Gasteiger partial charge in [-0.3, -0.25) is 4.89 Å². The molecule has 0 aliphatic carbocycles. The summed E-state index contributed by atoms with van der Waals surface area (Å²) in [7, 11) is 4.20. The van der Waals surface area contributed by atoms with Crippen molar-refractivity contribution in [2.75, 3.05) is 41.2 Å². The minimum absolute atomic E-state index is 0.0244. The molecule has 0 radical (unpaired) electrons. The summed E-state index contributed by atoms with van der Waals surface area (Å²) in [5, 5.41) is 4.14. The Balaban J connectivity index is 2.45. The monoisotopic (exact) mass is 388 g/mol. The van der Waals surface area contributed by atoms with Crippen molar-refractivity contribution in [2.45, 2.75) is 19.8 Å². The molecule has 1 aromatic rings. The maximum Gasteiger partial charge on any atom is 0.543 e. The molecule has 0 N–H and O–H groups in total. The zero-order valence-electron chi connectivity index (χ0n) is 15.8. The third-order valence-electron chi connectivity index (χ3n) is 3.23. The number of rotatable bonds is 12. The maximum atomic E-state index is 12.1. The van der Waals surface area contributed by atoms with Gasteiger partial charge in [-0.05, 0) is 6.42 Å². The van der Waals surface area contributed by atoms with Crippen LogP contribution in [0, 0.1) is 0 Å². The average Bonchev–Trinajstić information content (AvgIpc) is 2.69. The number of unbranched alkanes of at least 4 members (excludes halogenated alkanes) is 1. The Morgan fingerprint density at radius 1 is 0.852 bits per heavy atom. The molecule has 0 saturated heterocycles. The fraction of sp³-hybridized carbons (Fsp3) is 0.529. The number of methoxy groups -OCH3 is 3. The maximum absolute atomic E-state index is 12.1. The van der Waals surface area contributed by atoms with E-state index >= 15 is 0 Å². The minimum Gasteiger partial charge on any atom is -0.496 e. The molecule has 0 aliphatic rings. The normalized spacial score (nSPS) is 10.1. The quantitative estimate of drug-likeness (QED) is 0.229. The van der Waals surface area contributed by atoms with Crippen molar-refractivity contribution in [1.82, 2.24) is 0 Å². The number of ether oxygens (including phenoxy) is 5. The van der Waals surface area contributed by atoms with Gasteiger partial charge in [0.2, 0.25) is 0 Å². The van der Waals surface area contributed by atoms with Gasteiger partial charge in [0.25, 0.3) is 0 Å². The molecule has 152 valence electrons. The molecule has 0 fully saturated rings. The summed E-state index contributed by atoms with van der Waals surface area (Å²) in [4.78, 5) is 31.9. The van der Waals surface area contributed by atoms with E-state index in [0.717, 1.165) is 12.8 Å². The molecule has 0 bridgehead atoms. The molecule has 10 nitrogen and oxygen atoms in total. The van der Waals surface area contributed by atoms with Gasteiger partial charge in [0.05, 0.1) is 33.0 Å². The molecule has 0 atom stereocenters. The van der Waals surface area contributed by atoms with Crippen LogP contribution in [0.2, 0.25) is 0 Å². The van der Waals surface area contributed by atoms with Crippen LogP contribution in [0.5, 0.6) is 17.2 Å². The Labute approximate surface area is 157 Å². The van der Waals surface area contributed by atoms with E-state index in [4.69, 9.17) is 18.9 Å². The predicted octanol–water partition coefficient (Wildman–Crippen LogP) is 2.69. The molecule has 10 heteroatoms. The van der Waals surface area contributed by atoms with Gasteiger partial charge in [-0.1, -0.05) is 13.3 Å². The second-order valence-electron chi connectivity index (χ2n) is 4.99. The van der Waals surface area contributed by atoms with Crippen LogP contribution < -0.4 is 14.2 Å². The predicted molar refractivity (Wildman–Crippen MR) is 90.8 cm³/mol. The van der Waals surface area contributed by atoms with E-state index in [0.29, 0.717) is 12.4 Å². The lowest BCUT2D eigenvalue weighted by Gasteiger charge is -2.12. The lowest BCUT2D eigenvalue weighted by Crippen LogP contribution is -2.15. The van der Waals surface area contributed by atoms with Crippen molar-refractivity contribution in [1.29, 1.82) is 0 Å². The standard InChI is InChI=1S/C17H24O10/c1-5-6-7-23-8-9-24-17(19)26-27-25-16(18)12-10-14(21-3)15(22-4)11-13(12)20-2/h10-11H,5-9H2,1-4H3. The van der Waals surface area contributed by atoms with Crippen LogP contribution in [0.25, 0.3) is 0 Å². The summed E-state index contributed by atoms with van der Waals surface area (Å²) in [6.45, 7) is 2.81. The highest BCUT2D eigenvalue weighted by molar-refractivity contribution is 5.93. The highest BCUT2D eigenvalue weighted by atomic mass is 17.5. The molecule has 0 saturated carbocycles. The highest BCUT2D eigenvalue weighted by Gasteiger charge is 2.21. The van der Waals surface area contributed by atoms with Crippen molar-refractivity contribution in [2.24, 2.45) is 0 Å². The topological polar surface area (TPSA) is 108 Å². The van der Waals surface area contributed by atoms with Gasteiger partial charge < -0.3 is 23.7 Å². The molecular weight excluding hydrogens is 364 g/mol. The zero-order chi connectivity index (χ0) is 20.1. The van der Waals surface area contributed by atoms with Crippen LogP contribution in [0.1, 0.15) is 30.1 Å². The second kappa shape index (κ2) is 12.6. The Hall–Kier alpha value is -2.72. The van der Waals surface area contributed by atoms with Crippen LogP contribution in [0.3, 0.4) is 0 Å². The Kier molecular flexibility index (Phi) is 10.4. The lowest BCUT2D eigenvalue weighted by atomic mass is 10.1. The third kappa shape index (κ3) is 7.59. The largest absolute Gasteiger partial charge is 0.543 e. The van der Waals surface area contributed by atoms with Gasteiger partial charge in [-0.25, -0.2) is 14.5 Å². The number of hydrogen-bond acceptors (Lipinski definition) is 10. The Bertz CT molecular complexity index is 602. The van der Waals surface area contributed by atoms with Gasteiger partial charge in [-0.15, -0.1) is 0 Å². The first-order chi connectivity index (χ1) is 13.1. The first kappa shape index (κ1) is 22.3. The number of benzene rings is 1. The summed E-state index contributed by atoms with van der Waals surface area (Å²) in [6, 6.07) is 2.76. The molecule has 0 amide bonds. The summed E-state index contributed by atoms with van der Waals surface area (Å²) < 4.78 is 25.2. The molecule has 0 unspecified atom stereocenters. The van der Waals surface area contributed by atoms with Gasteiger partial charge in [0.1, 0.15) is 17.9 Å². The van der Waals surface area contributed by atoms with Gasteiger partial charge in [-0.2, -0.15) is 0 Å². The summed E-state index contributed by atoms with van der Waals surface area (Å²) >= 11 is 0. The van der Waals surface area contributed by atoms with Crippen LogP contribution >= 0.6 is 0 Å². The smallest absolute Gasteiger partial charge is 0.496 e. The van der Waals surface area contributed by atoms with Crippen LogP contribution in [0.4, 0.5) is 4.79 Å². The molecule has 0 spiro atoms. The van der Waals surface area contributed by atoms with Gasteiger partial charge in [0, 0.05) is 18.7 Å². The second-order valence-corrected chi connectivity index (χ2v) is 4.99. The van der Waals surface area contributed by atoms with Crippen molar-refractivity contribution < 1.29 is 48.1 Å². The number of carbonyl (C=O) groups excluding carboxylic acids is 2. The third-order valence-corrected chi connectivity index (χ3v) is 3.23. The summed E-state index contributed by atoms with van der Waals surface area (Å²) in [5.41, 5.74) is -0.0311. The van der Waals surface area contributed by atoms with E-state index in [1.165, 1.54) is 33.5 Å². The number of carbonyl (C=O) groups is 2. The van der Waals surface area contributed by atoms with E-state index in [1.54, 1.807) is 0 Å². The molecule has 1 aromatic carbocycles. The van der Waals surface area contributed by atoms with E-state index in [2.05, 4.69) is 19.6 Å². The summed E-state index contributed by atoms with van der Waals surface area (Å²) in [6.07, 6.45) is 0.747. The number of hydrogen-bond donors (Lipinski definition) is 0. The van der Waals surface area contributed by atoms with Crippen molar-refractivity contribution >= 4 is 12.1 Å². The molecule has 27 heavy (non-hydrogen) atoms. The van der Waals surface area contributed by atoms with Gasteiger partial charge in [0.15, 0.2) is 11.5 Å². The van der Waals surface area contributed by atoms with Crippen molar-refractivity contribution in [3.63, 3.8) is 0 Å². The van der Waals surface area contributed by atoms with Crippen LogP contribution in [0.15, 0.2) is 12.1 Å². The van der Waals surface area contributed by atoms with E-state index in [9.17, 15) is 9.59 Å². The molecular formula is C17H24O10. The Morgan fingerprint density at radius 3 is 2.15 bits per heavy atom. The fourth-order valence-electron chi connectivity index (χ4n) is 1.87. The molecule has 0 aliphatic heterocycles. The Morgan fingerprint density at radius 2 is 1.52 bits per heavy atom. The molecule has 0 aromatic heterocycles. The van der Waals surface area contributed by atoms with E-state index < -0.39 is 12.1 Å². The van der Waals surface area contributed by atoms with E-state index in [-0.39, 0.29) is 30.3 Å². The van der Waals surface area contributed by atoms with Crippen molar-refractivity contribution in [3.8, 4) is 17.2 Å². The average molecular weight is 388 g/mol. The summed E-state index contributed by atoms with van der Waals surface area (Å²) in [5.74, 6) is -0.210. The lowest BCUT2D eigenvalue weighted by molar-refractivity contribution is -0.452. The van der Waals surface area contributed by atoms with Crippen LogP contribution in [-0.2, 0) is 24.3 Å². The fourth-order valence-corrected chi connectivity index (χ4v) is 1.87. The minimum atomic E-state index is -1.18.